The number of nitrogens with zero attached hydrogens (tertiary/aromatic N) is 2. The summed E-state index contributed by atoms with van der Waals surface area (Å²) in [6.45, 7) is 0.891. The lowest BCUT2D eigenvalue weighted by molar-refractivity contribution is 0.338. The molecule has 0 saturated heterocycles. The number of alkyl halides is 1. The van der Waals surface area contributed by atoms with E-state index in [1.54, 1.807) is 26.2 Å². The first kappa shape index (κ1) is 15.8. The first-order chi connectivity index (χ1) is 9.32. The van der Waals surface area contributed by atoms with E-state index in [2.05, 4.69) is 20.8 Å². The van der Waals surface area contributed by atoms with Crippen molar-refractivity contribution in [3.05, 3.63) is 24.3 Å². The third-order valence-corrected chi connectivity index (χ3v) is 6.36. The fourth-order valence-electron chi connectivity index (χ4n) is 2.48. The van der Waals surface area contributed by atoms with E-state index in [9.17, 15) is 8.42 Å². The van der Waals surface area contributed by atoms with Gasteiger partial charge in [-0.05, 0) is 30.9 Å². The Balaban J connectivity index is 2.23. The topological polar surface area (TPSA) is 40.6 Å². The molecule has 0 radical (unpaired) electrons. The summed E-state index contributed by atoms with van der Waals surface area (Å²) in [5.74, 6) is 0.638. The molecule has 1 aromatic rings. The molecule has 20 heavy (non-hydrogen) atoms. The number of benzene rings is 1. The van der Waals surface area contributed by atoms with Gasteiger partial charge in [0.1, 0.15) is 4.90 Å². The smallest absolute Gasteiger partial charge is 0.244 e. The fourth-order valence-corrected chi connectivity index (χ4v) is 4.67. The van der Waals surface area contributed by atoms with E-state index in [0.29, 0.717) is 15.6 Å². The van der Waals surface area contributed by atoms with Gasteiger partial charge >= 0.3 is 0 Å². The maximum absolute atomic E-state index is 12.4. The molecule has 112 valence electrons. The van der Waals surface area contributed by atoms with Crippen LogP contribution in [-0.2, 0) is 10.0 Å². The molecule has 4 nitrogen and oxygen atoms in total. The van der Waals surface area contributed by atoms with Crippen LogP contribution in [0.25, 0.3) is 0 Å². The first-order valence-corrected chi connectivity index (χ1v) is 9.04. The largest absolute Gasteiger partial charge is 0.373 e. The maximum Gasteiger partial charge on any atom is 0.244 e. The van der Waals surface area contributed by atoms with Gasteiger partial charge in [-0.1, -0.05) is 28.1 Å². The molecule has 1 saturated carbocycles. The molecule has 0 amide bonds. The Morgan fingerprint density at radius 3 is 2.35 bits per heavy atom. The number of rotatable bonds is 5. The Kier molecular flexibility index (Phi) is 4.76. The van der Waals surface area contributed by atoms with Crippen molar-refractivity contribution >= 4 is 31.6 Å². The van der Waals surface area contributed by atoms with Gasteiger partial charge in [-0.2, -0.15) is 0 Å². The van der Waals surface area contributed by atoms with Gasteiger partial charge in [-0.3, -0.25) is 0 Å². The highest BCUT2D eigenvalue weighted by Gasteiger charge is 2.29. The molecule has 1 aromatic carbocycles. The van der Waals surface area contributed by atoms with E-state index < -0.39 is 10.0 Å². The van der Waals surface area contributed by atoms with Crippen LogP contribution < -0.4 is 4.90 Å². The highest BCUT2D eigenvalue weighted by molar-refractivity contribution is 9.09. The zero-order valence-electron chi connectivity index (χ0n) is 12.1. The van der Waals surface area contributed by atoms with Crippen LogP contribution >= 0.6 is 15.9 Å². The first-order valence-electron chi connectivity index (χ1n) is 6.69. The second-order valence-corrected chi connectivity index (χ2v) is 8.99. The van der Waals surface area contributed by atoms with E-state index in [1.807, 2.05) is 19.2 Å². The standard InChI is InChI=1S/C14H21BrN2O2S/c1-16(2)20(18,19)14-7-5-4-6-13(14)17(3)10-11-8-12(15)9-11/h4-7,11-12H,8-10H2,1-3H3. The molecule has 0 N–H and O–H groups in total. The minimum atomic E-state index is -3.41. The highest BCUT2D eigenvalue weighted by Crippen LogP contribution is 2.35. The fraction of sp³-hybridized carbons (Fsp3) is 0.571. The minimum Gasteiger partial charge on any atom is -0.373 e. The molecule has 0 atom stereocenters. The van der Waals surface area contributed by atoms with Gasteiger partial charge in [0.05, 0.1) is 5.69 Å². The van der Waals surface area contributed by atoms with Crippen LogP contribution in [0.3, 0.4) is 0 Å². The van der Waals surface area contributed by atoms with Gasteiger partial charge in [0.25, 0.3) is 0 Å². The Labute approximate surface area is 129 Å². The molecular weight excluding hydrogens is 340 g/mol. The zero-order valence-corrected chi connectivity index (χ0v) is 14.5. The molecule has 1 aliphatic carbocycles. The average molecular weight is 361 g/mol. The van der Waals surface area contributed by atoms with Gasteiger partial charge in [-0.25, -0.2) is 12.7 Å². The lowest BCUT2D eigenvalue weighted by Gasteiger charge is -2.35. The van der Waals surface area contributed by atoms with E-state index in [4.69, 9.17) is 0 Å². The summed E-state index contributed by atoms with van der Waals surface area (Å²) in [7, 11) is 1.68. The summed E-state index contributed by atoms with van der Waals surface area (Å²) in [6.07, 6.45) is 2.32. The van der Waals surface area contributed by atoms with Crippen molar-refractivity contribution in [2.75, 3.05) is 32.6 Å². The lowest BCUT2D eigenvalue weighted by atomic mass is 9.85. The molecule has 1 fully saturated rings. The molecule has 0 spiro atoms. The molecule has 0 aromatic heterocycles. The van der Waals surface area contributed by atoms with Crippen molar-refractivity contribution in [1.29, 1.82) is 0 Å². The van der Waals surface area contributed by atoms with Crippen molar-refractivity contribution in [1.82, 2.24) is 4.31 Å². The number of hydrogen-bond donors (Lipinski definition) is 0. The molecule has 0 aliphatic heterocycles. The van der Waals surface area contributed by atoms with Crippen LogP contribution in [0, 0.1) is 5.92 Å². The van der Waals surface area contributed by atoms with Gasteiger partial charge in [0.2, 0.25) is 10.0 Å². The van der Waals surface area contributed by atoms with Crippen LogP contribution in [0.4, 0.5) is 5.69 Å². The summed E-state index contributed by atoms with van der Waals surface area (Å²) in [4.78, 5) is 3.06. The molecule has 0 bridgehead atoms. The Bertz CT molecular complexity index is 568. The summed E-state index contributed by atoms with van der Waals surface area (Å²) < 4.78 is 26.0. The Morgan fingerprint density at radius 1 is 1.20 bits per heavy atom. The maximum atomic E-state index is 12.4. The van der Waals surface area contributed by atoms with Gasteiger partial charge in [0.15, 0.2) is 0 Å². The third-order valence-electron chi connectivity index (χ3n) is 3.75. The summed E-state index contributed by atoms with van der Waals surface area (Å²) in [5, 5.41) is 0. The number of para-hydroxylation sites is 1. The monoisotopic (exact) mass is 360 g/mol. The summed E-state index contributed by atoms with van der Waals surface area (Å²) in [6, 6.07) is 7.20. The second-order valence-electron chi connectivity index (χ2n) is 5.57. The Hall–Kier alpha value is -0.590. The number of sulfonamides is 1. The molecule has 0 heterocycles. The van der Waals surface area contributed by atoms with Crippen molar-refractivity contribution < 1.29 is 8.42 Å². The molecular formula is C14H21BrN2O2S. The number of hydrogen-bond acceptors (Lipinski definition) is 3. The van der Waals surface area contributed by atoms with E-state index >= 15 is 0 Å². The molecule has 2 rings (SSSR count). The van der Waals surface area contributed by atoms with Gasteiger partial charge in [0, 0.05) is 32.5 Å². The van der Waals surface area contributed by atoms with Crippen LogP contribution in [0.1, 0.15) is 12.8 Å². The molecule has 0 unspecified atom stereocenters. The minimum absolute atomic E-state index is 0.377. The van der Waals surface area contributed by atoms with Crippen LogP contribution in [-0.4, -0.2) is 45.2 Å². The van der Waals surface area contributed by atoms with E-state index in [1.165, 1.54) is 4.31 Å². The molecule has 1 aliphatic rings. The lowest BCUT2D eigenvalue weighted by Crippen LogP contribution is -2.35. The van der Waals surface area contributed by atoms with Crippen molar-refractivity contribution in [2.45, 2.75) is 22.6 Å². The van der Waals surface area contributed by atoms with E-state index in [0.717, 1.165) is 25.1 Å². The number of halogens is 1. The average Bonchev–Trinajstić information content (AvgIpc) is 2.36. The summed E-state index contributed by atoms with van der Waals surface area (Å²) >= 11 is 3.59. The van der Waals surface area contributed by atoms with Crippen molar-refractivity contribution in [3.8, 4) is 0 Å². The molecule has 6 heteroatoms. The second kappa shape index (κ2) is 6.03. The normalized spacial score (nSPS) is 22.6. The summed E-state index contributed by atoms with van der Waals surface area (Å²) in [5.41, 5.74) is 0.777. The van der Waals surface area contributed by atoms with Gasteiger partial charge in [-0.15, -0.1) is 0 Å². The quantitative estimate of drug-likeness (QED) is 0.757. The van der Waals surface area contributed by atoms with Crippen LogP contribution in [0.15, 0.2) is 29.2 Å². The van der Waals surface area contributed by atoms with E-state index in [-0.39, 0.29) is 0 Å². The zero-order chi connectivity index (χ0) is 14.9. The SMILES string of the molecule is CN(CC1CC(Br)C1)c1ccccc1S(=O)(=O)N(C)C. The predicted molar refractivity (Wildman–Crippen MR) is 86.0 cm³/mol. The van der Waals surface area contributed by atoms with Crippen molar-refractivity contribution in [3.63, 3.8) is 0 Å². The Morgan fingerprint density at radius 2 is 1.80 bits per heavy atom. The van der Waals surface area contributed by atoms with Crippen molar-refractivity contribution in [2.24, 2.45) is 5.92 Å². The number of anilines is 1. The van der Waals surface area contributed by atoms with Crippen LogP contribution in [0.5, 0.6) is 0 Å². The third kappa shape index (κ3) is 3.18. The highest BCUT2D eigenvalue weighted by atomic mass is 79.9. The van der Waals surface area contributed by atoms with Crippen LogP contribution in [0.2, 0.25) is 0 Å². The predicted octanol–water partition coefficient (Wildman–Crippen LogP) is 2.55. The van der Waals surface area contributed by atoms with Gasteiger partial charge < -0.3 is 4.90 Å².